The van der Waals surface area contributed by atoms with Crippen molar-refractivity contribution in [3.8, 4) is 22.6 Å². The van der Waals surface area contributed by atoms with E-state index in [-0.39, 0.29) is 43.5 Å². The summed E-state index contributed by atoms with van der Waals surface area (Å²) in [4.78, 5) is 16.5. The number of pyridine rings is 1. The number of hydrogen-bond donors (Lipinski definition) is 1. The van der Waals surface area contributed by atoms with E-state index in [0.717, 1.165) is 70.0 Å². The number of aliphatic hydroxyl groups excluding tert-OH is 1. The first-order valence-electron chi connectivity index (χ1n) is 15.7. The molecule has 2 heterocycles. The van der Waals surface area contributed by atoms with Crippen molar-refractivity contribution in [2.24, 2.45) is 11.8 Å². The number of aliphatic hydroxyl groups is 1. The standard InChI is InChI=1S/C27H16NO.C13H24O2.Ir/c1-2-8-18(9-3-1)26-17-24-25(29-26)14-15-28-27(24)23-16-19-10-4-5-11-20(19)21-12-6-7-13-22(21)23;1-5-10(6-2)12(14)9-13(15)11(7-3)8-4;/h1-15,17H;9-11,14H,5-8H2,1-4H3;/q-1;;/b;12-9-;. The van der Waals surface area contributed by atoms with E-state index in [1.165, 1.54) is 16.8 Å². The quantitative estimate of drug-likeness (QED) is 0.0688. The van der Waals surface area contributed by atoms with Gasteiger partial charge in [-0.05, 0) is 37.8 Å². The number of carbonyl (C=O) groups excluding carboxylic acids is 1. The first kappa shape index (κ1) is 33.8. The Labute approximate surface area is 279 Å². The van der Waals surface area contributed by atoms with Crippen molar-refractivity contribution in [2.75, 3.05) is 0 Å². The predicted molar refractivity (Wildman–Crippen MR) is 183 cm³/mol. The fourth-order valence-electron chi connectivity index (χ4n) is 5.84. The number of carbonyl (C=O) groups is 1. The van der Waals surface area contributed by atoms with Gasteiger partial charge in [0.25, 0.3) is 0 Å². The Hall–Kier alpha value is -4.05. The summed E-state index contributed by atoms with van der Waals surface area (Å²) in [6.07, 6.45) is 6.72. The van der Waals surface area contributed by atoms with Gasteiger partial charge in [0.1, 0.15) is 11.3 Å². The normalized spacial score (nSPS) is 11.6. The molecule has 0 fully saturated rings. The topological polar surface area (TPSA) is 63.3 Å². The minimum Gasteiger partial charge on any atom is -0.512 e. The van der Waals surface area contributed by atoms with E-state index in [0.29, 0.717) is 0 Å². The van der Waals surface area contributed by atoms with Crippen molar-refractivity contribution < 1.29 is 34.4 Å². The van der Waals surface area contributed by atoms with Gasteiger partial charge in [-0.3, -0.25) is 9.78 Å². The molecular formula is C40H40IrNO3-. The maximum absolute atomic E-state index is 11.7. The van der Waals surface area contributed by atoms with Gasteiger partial charge in [0.2, 0.25) is 0 Å². The Morgan fingerprint density at radius 1 is 0.778 bits per heavy atom. The molecule has 0 aliphatic rings. The number of benzene rings is 4. The molecule has 4 aromatic carbocycles. The summed E-state index contributed by atoms with van der Waals surface area (Å²) in [6, 6.07) is 34.6. The third-order valence-corrected chi connectivity index (χ3v) is 8.50. The van der Waals surface area contributed by atoms with Gasteiger partial charge in [0.05, 0.1) is 5.76 Å². The van der Waals surface area contributed by atoms with Gasteiger partial charge >= 0.3 is 0 Å². The van der Waals surface area contributed by atoms with Crippen LogP contribution in [0.15, 0.2) is 113 Å². The zero-order chi connectivity index (χ0) is 31.1. The van der Waals surface area contributed by atoms with Crippen LogP contribution in [-0.2, 0) is 24.9 Å². The summed E-state index contributed by atoms with van der Waals surface area (Å²) >= 11 is 0. The molecule has 0 aliphatic heterocycles. The molecule has 1 radical (unpaired) electrons. The molecule has 0 spiro atoms. The molecule has 45 heavy (non-hydrogen) atoms. The summed E-state index contributed by atoms with van der Waals surface area (Å²) in [6.45, 7) is 8.07. The van der Waals surface area contributed by atoms with Gasteiger partial charge < -0.3 is 9.52 Å². The van der Waals surface area contributed by atoms with Crippen LogP contribution >= 0.6 is 0 Å². The first-order valence-corrected chi connectivity index (χ1v) is 15.7. The van der Waals surface area contributed by atoms with E-state index in [4.69, 9.17) is 9.40 Å². The average molecular weight is 775 g/mol. The second-order valence-electron chi connectivity index (χ2n) is 11.1. The third-order valence-electron chi connectivity index (χ3n) is 8.50. The Balaban J connectivity index is 0.000000249. The van der Waals surface area contributed by atoms with E-state index >= 15 is 0 Å². The molecule has 0 aliphatic carbocycles. The molecule has 0 bridgehead atoms. The van der Waals surface area contributed by atoms with Crippen molar-refractivity contribution in [3.05, 3.63) is 115 Å². The number of fused-ring (bicyclic) bond motifs is 4. The molecule has 0 saturated carbocycles. The maximum atomic E-state index is 11.7. The second kappa shape index (κ2) is 15.8. The van der Waals surface area contributed by atoms with E-state index in [2.05, 4.69) is 72.8 Å². The van der Waals surface area contributed by atoms with Crippen LogP contribution in [0.2, 0.25) is 0 Å². The van der Waals surface area contributed by atoms with E-state index in [9.17, 15) is 9.90 Å². The molecule has 0 atom stereocenters. The molecule has 0 amide bonds. The number of rotatable bonds is 9. The first-order chi connectivity index (χ1) is 21.5. The third kappa shape index (κ3) is 7.44. The molecule has 0 unspecified atom stereocenters. The molecular weight excluding hydrogens is 735 g/mol. The van der Waals surface area contributed by atoms with Crippen molar-refractivity contribution >= 4 is 38.3 Å². The molecule has 2 aromatic heterocycles. The molecule has 6 aromatic rings. The van der Waals surface area contributed by atoms with Crippen molar-refractivity contribution in [1.82, 2.24) is 4.98 Å². The van der Waals surface area contributed by atoms with Gasteiger partial charge in [0, 0.05) is 60.9 Å². The van der Waals surface area contributed by atoms with Crippen LogP contribution in [0.25, 0.3) is 55.1 Å². The summed E-state index contributed by atoms with van der Waals surface area (Å²) in [5, 5.41) is 15.4. The summed E-state index contributed by atoms with van der Waals surface area (Å²) in [5.74, 6) is 1.39. The summed E-state index contributed by atoms with van der Waals surface area (Å²) in [7, 11) is 0. The molecule has 1 N–H and O–H groups in total. The van der Waals surface area contributed by atoms with Crippen LogP contribution in [0.5, 0.6) is 0 Å². The van der Waals surface area contributed by atoms with Gasteiger partial charge in [-0.25, -0.2) is 0 Å². The zero-order valence-corrected chi connectivity index (χ0v) is 28.7. The zero-order valence-electron chi connectivity index (χ0n) is 26.3. The van der Waals surface area contributed by atoms with E-state index in [1.54, 1.807) is 0 Å². The Morgan fingerprint density at radius 2 is 1.38 bits per heavy atom. The molecule has 6 rings (SSSR count). The number of aromatic nitrogens is 1. The van der Waals surface area contributed by atoms with Crippen LogP contribution in [0.1, 0.15) is 53.4 Å². The smallest absolute Gasteiger partial charge is 0.162 e. The van der Waals surface area contributed by atoms with Crippen molar-refractivity contribution in [2.45, 2.75) is 53.4 Å². The largest absolute Gasteiger partial charge is 0.512 e. The predicted octanol–water partition coefficient (Wildman–Crippen LogP) is 11.1. The van der Waals surface area contributed by atoms with Crippen LogP contribution in [0.4, 0.5) is 0 Å². The van der Waals surface area contributed by atoms with Gasteiger partial charge in [-0.2, -0.15) is 0 Å². The molecule has 4 nitrogen and oxygen atoms in total. The second-order valence-corrected chi connectivity index (χ2v) is 11.1. The SMILES string of the molecule is CCC(CC)C(=O)/C=C(\O)C(CC)CC.[Ir].[c-]1c(-c2nccc3oc(-c4ccccc4)cc23)c2ccccc2c2ccccc12. The Kier molecular flexibility index (Phi) is 11.9. The summed E-state index contributed by atoms with van der Waals surface area (Å²) < 4.78 is 6.16. The summed E-state index contributed by atoms with van der Waals surface area (Å²) in [5.41, 5.74) is 3.79. The van der Waals surface area contributed by atoms with E-state index in [1.807, 2.05) is 58.2 Å². The monoisotopic (exact) mass is 775 g/mol. The van der Waals surface area contributed by atoms with Crippen molar-refractivity contribution in [3.63, 3.8) is 0 Å². The Bertz CT molecular complexity index is 1900. The number of hydrogen-bond acceptors (Lipinski definition) is 4. The van der Waals surface area contributed by atoms with Crippen LogP contribution in [0.3, 0.4) is 0 Å². The van der Waals surface area contributed by atoms with Crippen LogP contribution in [0, 0.1) is 17.9 Å². The van der Waals surface area contributed by atoms with Crippen molar-refractivity contribution in [1.29, 1.82) is 0 Å². The molecule has 0 saturated heterocycles. The van der Waals surface area contributed by atoms with Gasteiger partial charge in [-0.15, -0.1) is 17.5 Å². The average Bonchev–Trinajstić information content (AvgIpc) is 3.51. The number of nitrogens with zero attached hydrogens (tertiary/aromatic N) is 1. The van der Waals surface area contributed by atoms with E-state index < -0.39 is 0 Å². The number of ketones is 1. The van der Waals surface area contributed by atoms with Crippen LogP contribution in [-0.4, -0.2) is 15.9 Å². The fraction of sp³-hybridized carbons (Fsp3) is 0.250. The molecule has 233 valence electrons. The Morgan fingerprint density at radius 3 is 2.04 bits per heavy atom. The number of furan rings is 1. The maximum Gasteiger partial charge on any atom is 0.162 e. The van der Waals surface area contributed by atoms with Gasteiger partial charge in [-0.1, -0.05) is 122 Å². The molecule has 5 heteroatoms. The minimum atomic E-state index is 0. The minimum absolute atomic E-state index is 0. The van der Waals surface area contributed by atoms with Crippen LogP contribution < -0.4 is 0 Å². The number of allylic oxidation sites excluding steroid dienone is 2. The van der Waals surface area contributed by atoms with Gasteiger partial charge in [0.15, 0.2) is 5.78 Å². The fourth-order valence-corrected chi connectivity index (χ4v) is 5.84.